The molecule has 1 aliphatic carbocycles. The summed E-state index contributed by atoms with van der Waals surface area (Å²) < 4.78 is 5.24. The molecule has 1 fully saturated rings. The van der Waals surface area contributed by atoms with Gasteiger partial charge < -0.3 is 15.6 Å². The van der Waals surface area contributed by atoms with Crippen molar-refractivity contribution in [1.82, 2.24) is 10.5 Å². The van der Waals surface area contributed by atoms with E-state index in [-0.39, 0.29) is 5.91 Å². The molecule has 1 aromatic carbocycles. The van der Waals surface area contributed by atoms with Crippen LogP contribution in [0, 0.1) is 11.8 Å². The number of hydrogen-bond acceptors (Lipinski definition) is 4. The Morgan fingerprint density at radius 1 is 1.23 bits per heavy atom. The molecule has 1 aromatic heterocycles. The summed E-state index contributed by atoms with van der Waals surface area (Å²) >= 11 is 0. The van der Waals surface area contributed by atoms with Crippen LogP contribution < -0.4 is 11.1 Å². The van der Waals surface area contributed by atoms with Crippen molar-refractivity contribution >= 4 is 16.9 Å². The molecular formula is C17H23N3O2. The number of carbonyl (C=O) groups is 1. The van der Waals surface area contributed by atoms with Crippen molar-refractivity contribution in [3.63, 3.8) is 0 Å². The zero-order chi connectivity index (χ0) is 15.4. The molecule has 2 aromatic rings. The summed E-state index contributed by atoms with van der Waals surface area (Å²) in [6, 6.07) is 7.69. The quantitative estimate of drug-likeness (QED) is 0.889. The first kappa shape index (κ1) is 15.0. The molecule has 0 atom stereocenters. The number of rotatable bonds is 5. The molecule has 1 saturated carbocycles. The van der Waals surface area contributed by atoms with Crippen LogP contribution in [-0.4, -0.2) is 17.6 Å². The van der Waals surface area contributed by atoms with Crippen LogP contribution >= 0.6 is 0 Å². The van der Waals surface area contributed by atoms with E-state index in [2.05, 4.69) is 10.5 Å². The third kappa shape index (κ3) is 3.47. The van der Waals surface area contributed by atoms with Gasteiger partial charge >= 0.3 is 0 Å². The Morgan fingerprint density at radius 3 is 2.73 bits per heavy atom. The minimum atomic E-state index is 0.100. The second-order valence-corrected chi connectivity index (χ2v) is 6.23. The first-order chi connectivity index (χ1) is 10.8. The van der Waals surface area contributed by atoms with E-state index in [1.54, 1.807) is 0 Å². The number of hydrogen-bond donors (Lipinski definition) is 2. The minimum Gasteiger partial charge on any atom is -0.356 e. The highest BCUT2D eigenvalue weighted by Crippen LogP contribution is 2.30. The lowest BCUT2D eigenvalue weighted by Gasteiger charge is -2.27. The monoisotopic (exact) mass is 301 g/mol. The second-order valence-electron chi connectivity index (χ2n) is 6.23. The van der Waals surface area contributed by atoms with E-state index in [0.717, 1.165) is 48.9 Å². The van der Waals surface area contributed by atoms with Crippen molar-refractivity contribution in [2.45, 2.75) is 38.6 Å². The predicted octanol–water partition coefficient (Wildman–Crippen LogP) is 2.60. The Kier molecular flexibility index (Phi) is 4.73. The van der Waals surface area contributed by atoms with Gasteiger partial charge in [-0.3, -0.25) is 4.79 Å². The number of nitrogens with two attached hydrogens (primary N) is 1. The molecule has 118 valence electrons. The van der Waals surface area contributed by atoms with Crippen LogP contribution in [0.5, 0.6) is 0 Å². The number of carbonyl (C=O) groups excluding carboxylic acids is 1. The molecule has 0 unspecified atom stereocenters. The molecule has 0 radical (unpaired) electrons. The Hall–Kier alpha value is -1.88. The van der Waals surface area contributed by atoms with E-state index < -0.39 is 0 Å². The van der Waals surface area contributed by atoms with Gasteiger partial charge in [0.1, 0.15) is 5.69 Å². The van der Waals surface area contributed by atoms with Crippen molar-refractivity contribution in [3.8, 4) is 0 Å². The summed E-state index contributed by atoms with van der Waals surface area (Å²) in [6.45, 7) is 1.20. The van der Waals surface area contributed by atoms with Gasteiger partial charge in [-0.1, -0.05) is 17.3 Å². The molecule has 5 heteroatoms. The Morgan fingerprint density at radius 2 is 1.95 bits per heavy atom. The van der Waals surface area contributed by atoms with Crippen LogP contribution in [0.25, 0.3) is 11.0 Å². The summed E-state index contributed by atoms with van der Waals surface area (Å²) in [5, 5.41) is 7.96. The predicted molar refractivity (Wildman–Crippen MR) is 85.0 cm³/mol. The van der Waals surface area contributed by atoms with E-state index in [0.29, 0.717) is 24.8 Å². The van der Waals surface area contributed by atoms with E-state index in [9.17, 15) is 4.79 Å². The number of nitrogens with zero attached hydrogens (tertiary/aromatic N) is 1. The van der Waals surface area contributed by atoms with E-state index in [1.807, 2.05) is 24.3 Å². The smallest absolute Gasteiger partial charge is 0.220 e. The Labute approximate surface area is 130 Å². The van der Waals surface area contributed by atoms with Crippen LogP contribution in [0.4, 0.5) is 0 Å². The van der Waals surface area contributed by atoms with Gasteiger partial charge in [0.05, 0.1) is 6.54 Å². The molecule has 1 amide bonds. The highest BCUT2D eigenvalue weighted by Gasteiger charge is 2.22. The molecular weight excluding hydrogens is 278 g/mol. The number of nitrogens with one attached hydrogen (secondary N) is 1. The largest absolute Gasteiger partial charge is 0.356 e. The van der Waals surface area contributed by atoms with Gasteiger partial charge in [-0.25, -0.2) is 0 Å². The van der Waals surface area contributed by atoms with Crippen molar-refractivity contribution in [2.24, 2.45) is 17.6 Å². The summed E-state index contributed by atoms with van der Waals surface area (Å²) in [7, 11) is 0. The molecule has 1 heterocycles. The van der Waals surface area contributed by atoms with Gasteiger partial charge in [0.25, 0.3) is 0 Å². The van der Waals surface area contributed by atoms with Gasteiger partial charge in [-0.2, -0.15) is 0 Å². The fourth-order valence-electron chi connectivity index (χ4n) is 3.25. The lowest BCUT2D eigenvalue weighted by molar-refractivity contribution is -0.122. The number of benzene rings is 1. The third-order valence-electron chi connectivity index (χ3n) is 4.68. The molecule has 5 nitrogen and oxygen atoms in total. The zero-order valence-corrected chi connectivity index (χ0v) is 12.8. The molecule has 3 N–H and O–H groups in total. The Bertz CT molecular complexity index is 630. The molecule has 3 rings (SSSR count). The van der Waals surface area contributed by atoms with Crippen molar-refractivity contribution in [3.05, 3.63) is 30.0 Å². The minimum absolute atomic E-state index is 0.100. The number of fused-ring (bicyclic) bond motifs is 1. The van der Waals surface area contributed by atoms with Gasteiger partial charge in [0.15, 0.2) is 5.58 Å². The average Bonchev–Trinajstić information content (AvgIpc) is 2.97. The van der Waals surface area contributed by atoms with Gasteiger partial charge in [-0.15, -0.1) is 0 Å². The van der Waals surface area contributed by atoms with Crippen molar-refractivity contribution in [1.29, 1.82) is 0 Å². The fourth-order valence-corrected chi connectivity index (χ4v) is 3.25. The standard InChI is InChI=1S/C17H23N3O2/c18-10-13-7-5-12(6-8-13)9-17(21)19-11-15-14-3-1-2-4-16(14)22-20-15/h1-4,12-13H,5-11,18H2,(H,19,21). The van der Waals surface area contributed by atoms with Crippen LogP contribution in [0.15, 0.2) is 28.8 Å². The first-order valence-corrected chi connectivity index (χ1v) is 8.06. The third-order valence-corrected chi connectivity index (χ3v) is 4.68. The normalized spacial score (nSPS) is 21.9. The summed E-state index contributed by atoms with van der Waals surface area (Å²) in [6.07, 6.45) is 5.14. The topological polar surface area (TPSA) is 81.2 Å². The maximum absolute atomic E-state index is 12.1. The lowest BCUT2D eigenvalue weighted by atomic mass is 9.80. The zero-order valence-electron chi connectivity index (χ0n) is 12.8. The van der Waals surface area contributed by atoms with Crippen LogP contribution in [0.1, 0.15) is 37.8 Å². The highest BCUT2D eigenvalue weighted by molar-refractivity contribution is 5.80. The maximum Gasteiger partial charge on any atom is 0.220 e. The molecule has 0 bridgehead atoms. The van der Waals surface area contributed by atoms with Crippen LogP contribution in [0.2, 0.25) is 0 Å². The fraction of sp³-hybridized carbons (Fsp3) is 0.529. The van der Waals surface area contributed by atoms with Gasteiger partial charge in [0, 0.05) is 11.8 Å². The molecule has 0 aliphatic heterocycles. The second kappa shape index (κ2) is 6.92. The average molecular weight is 301 g/mol. The highest BCUT2D eigenvalue weighted by atomic mass is 16.5. The maximum atomic E-state index is 12.1. The summed E-state index contributed by atoms with van der Waals surface area (Å²) in [5.41, 5.74) is 7.25. The number of amides is 1. The van der Waals surface area contributed by atoms with Crippen LogP contribution in [-0.2, 0) is 11.3 Å². The van der Waals surface area contributed by atoms with Crippen molar-refractivity contribution < 1.29 is 9.32 Å². The summed E-state index contributed by atoms with van der Waals surface area (Å²) in [4.78, 5) is 12.1. The molecule has 1 aliphatic rings. The van der Waals surface area contributed by atoms with Crippen molar-refractivity contribution in [2.75, 3.05) is 6.54 Å². The summed E-state index contributed by atoms with van der Waals surface area (Å²) in [5.74, 6) is 1.25. The first-order valence-electron chi connectivity index (χ1n) is 8.06. The van der Waals surface area contributed by atoms with Gasteiger partial charge in [-0.05, 0) is 56.2 Å². The van der Waals surface area contributed by atoms with E-state index in [4.69, 9.17) is 10.3 Å². The van der Waals surface area contributed by atoms with Gasteiger partial charge in [0.2, 0.25) is 5.91 Å². The van der Waals surface area contributed by atoms with E-state index >= 15 is 0 Å². The van der Waals surface area contributed by atoms with Crippen LogP contribution in [0.3, 0.4) is 0 Å². The van der Waals surface area contributed by atoms with E-state index in [1.165, 1.54) is 0 Å². The Balaban J connectivity index is 1.48. The number of aromatic nitrogens is 1. The number of para-hydroxylation sites is 1. The molecule has 0 spiro atoms. The molecule has 0 saturated heterocycles. The molecule has 22 heavy (non-hydrogen) atoms. The SMILES string of the molecule is NCC1CCC(CC(=O)NCc2noc3ccccc23)CC1. The lowest BCUT2D eigenvalue weighted by Crippen LogP contribution is -2.28.